The monoisotopic (exact) mass is 118 g/mol. The molecule has 3 heteroatoms. The highest BCUT2D eigenvalue weighted by molar-refractivity contribution is 5.78. The topological polar surface area (TPSA) is 57.5 Å². The van der Waals surface area contributed by atoms with Gasteiger partial charge in [-0.2, -0.15) is 0 Å². The summed E-state index contributed by atoms with van der Waals surface area (Å²) in [6.07, 6.45) is -1.24. The molecule has 0 amide bonds. The number of aliphatic hydroxyl groups is 2. The van der Waals surface area contributed by atoms with E-state index < -0.39 is 6.29 Å². The van der Waals surface area contributed by atoms with Crippen molar-refractivity contribution in [2.24, 2.45) is 0 Å². The molecule has 0 aliphatic rings. The minimum absolute atomic E-state index is 0.125. The Hall–Kier alpha value is -0.410. The summed E-state index contributed by atoms with van der Waals surface area (Å²) in [5.41, 5.74) is 0. The van der Waals surface area contributed by atoms with E-state index >= 15 is 0 Å². The fourth-order valence-electron chi connectivity index (χ4n) is 0.348. The number of rotatable bonds is 3. The van der Waals surface area contributed by atoms with E-state index in [9.17, 15) is 4.79 Å². The molecule has 8 heavy (non-hydrogen) atoms. The standard InChI is InChI=1S/C5H10O3/c1-2-4(6)3-5(7)8/h5,7-8H,2-3H2,1H3. The molecule has 0 atom stereocenters. The van der Waals surface area contributed by atoms with Crippen molar-refractivity contribution in [1.82, 2.24) is 0 Å². The molecule has 0 aliphatic carbocycles. The van der Waals surface area contributed by atoms with Crippen LogP contribution in [0.4, 0.5) is 0 Å². The molecule has 2 N–H and O–H groups in total. The molecule has 0 saturated carbocycles. The Morgan fingerprint density at radius 3 is 2.25 bits per heavy atom. The second-order valence-electron chi connectivity index (χ2n) is 1.58. The first-order valence-corrected chi connectivity index (χ1v) is 2.54. The predicted octanol–water partition coefficient (Wildman–Crippen LogP) is -0.334. The number of hydrogen-bond acceptors (Lipinski definition) is 3. The summed E-state index contributed by atoms with van der Waals surface area (Å²) in [7, 11) is 0. The minimum Gasteiger partial charge on any atom is -0.368 e. The fraction of sp³-hybridized carbons (Fsp3) is 0.800. The summed E-state index contributed by atoms with van der Waals surface area (Å²) in [4.78, 5) is 10.3. The number of Topliss-reactive ketones (excluding diaryl/α,β-unsaturated/α-hetero) is 1. The van der Waals surface area contributed by atoms with E-state index in [0.717, 1.165) is 0 Å². The third kappa shape index (κ3) is 3.77. The first-order chi connectivity index (χ1) is 3.66. The van der Waals surface area contributed by atoms with Crippen molar-refractivity contribution in [3.63, 3.8) is 0 Å². The zero-order chi connectivity index (χ0) is 6.57. The molecule has 0 saturated heterocycles. The first kappa shape index (κ1) is 7.59. The highest BCUT2D eigenvalue weighted by Crippen LogP contribution is 1.90. The van der Waals surface area contributed by atoms with Crippen LogP contribution in [-0.2, 0) is 4.79 Å². The van der Waals surface area contributed by atoms with Gasteiger partial charge in [0.25, 0.3) is 0 Å². The summed E-state index contributed by atoms with van der Waals surface area (Å²) in [5, 5.41) is 16.4. The summed E-state index contributed by atoms with van der Waals surface area (Å²) in [6, 6.07) is 0. The van der Waals surface area contributed by atoms with E-state index in [1.807, 2.05) is 0 Å². The maximum atomic E-state index is 10.3. The molecule has 48 valence electrons. The first-order valence-electron chi connectivity index (χ1n) is 2.54. The normalized spacial score (nSPS) is 10.0. The molecule has 0 aliphatic heterocycles. The molecule has 0 aromatic carbocycles. The van der Waals surface area contributed by atoms with Crippen LogP contribution >= 0.6 is 0 Å². The van der Waals surface area contributed by atoms with E-state index in [0.29, 0.717) is 6.42 Å². The molecule has 0 unspecified atom stereocenters. The predicted molar refractivity (Wildman–Crippen MR) is 28.1 cm³/mol. The van der Waals surface area contributed by atoms with Crippen LogP contribution in [0.3, 0.4) is 0 Å². The highest BCUT2D eigenvalue weighted by Gasteiger charge is 2.02. The van der Waals surface area contributed by atoms with Crippen molar-refractivity contribution in [2.75, 3.05) is 0 Å². The van der Waals surface area contributed by atoms with Crippen LogP contribution in [0.2, 0.25) is 0 Å². The molecular weight excluding hydrogens is 108 g/mol. The molecule has 0 fully saturated rings. The van der Waals surface area contributed by atoms with Crippen LogP contribution in [-0.4, -0.2) is 22.3 Å². The van der Waals surface area contributed by atoms with Crippen LogP contribution in [0.15, 0.2) is 0 Å². The zero-order valence-corrected chi connectivity index (χ0v) is 4.79. The molecule has 0 aromatic heterocycles. The van der Waals surface area contributed by atoms with Gasteiger partial charge in [-0.3, -0.25) is 4.79 Å². The van der Waals surface area contributed by atoms with Gasteiger partial charge >= 0.3 is 0 Å². The Morgan fingerprint density at radius 1 is 1.62 bits per heavy atom. The van der Waals surface area contributed by atoms with Gasteiger partial charge in [-0.25, -0.2) is 0 Å². The highest BCUT2D eigenvalue weighted by atomic mass is 16.5. The van der Waals surface area contributed by atoms with E-state index in [2.05, 4.69) is 0 Å². The fourth-order valence-corrected chi connectivity index (χ4v) is 0.348. The van der Waals surface area contributed by atoms with Crippen molar-refractivity contribution < 1.29 is 15.0 Å². The van der Waals surface area contributed by atoms with Gasteiger partial charge in [0.05, 0.1) is 6.42 Å². The SMILES string of the molecule is CCC(=O)CC(O)O. The lowest BCUT2D eigenvalue weighted by molar-refractivity contribution is -0.127. The molecule has 0 spiro atoms. The van der Waals surface area contributed by atoms with Gasteiger partial charge in [0.15, 0.2) is 6.29 Å². The molecule has 0 rings (SSSR count). The summed E-state index contributed by atoms with van der Waals surface area (Å²) in [5.74, 6) is -0.125. The minimum atomic E-state index is -1.47. The number of ketones is 1. The lowest BCUT2D eigenvalue weighted by Crippen LogP contribution is -2.10. The maximum absolute atomic E-state index is 10.3. The van der Waals surface area contributed by atoms with Crippen LogP contribution in [0.5, 0.6) is 0 Å². The van der Waals surface area contributed by atoms with Crippen molar-refractivity contribution in [1.29, 1.82) is 0 Å². The summed E-state index contributed by atoms with van der Waals surface area (Å²) < 4.78 is 0. The Morgan fingerprint density at radius 2 is 2.12 bits per heavy atom. The van der Waals surface area contributed by atoms with Gasteiger partial charge in [0, 0.05) is 6.42 Å². The van der Waals surface area contributed by atoms with E-state index in [-0.39, 0.29) is 12.2 Å². The Balaban J connectivity index is 3.25. The molecule has 0 radical (unpaired) electrons. The molecule has 3 nitrogen and oxygen atoms in total. The lowest BCUT2D eigenvalue weighted by atomic mass is 10.2. The van der Waals surface area contributed by atoms with Crippen molar-refractivity contribution in [3.8, 4) is 0 Å². The summed E-state index contributed by atoms with van der Waals surface area (Å²) in [6.45, 7) is 1.69. The molecule has 0 aromatic rings. The maximum Gasteiger partial charge on any atom is 0.158 e. The van der Waals surface area contributed by atoms with Crippen molar-refractivity contribution in [2.45, 2.75) is 26.1 Å². The van der Waals surface area contributed by atoms with Crippen LogP contribution in [0.1, 0.15) is 19.8 Å². The quantitative estimate of drug-likeness (QED) is 0.499. The van der Waals surface area contributed by atoms with Gasteiger partial charge in [0.1, 0.15) is 5.78 Å². The van der Waals surface area contributed by atoms with Gasteiger partial charge in [-0.1, -0.05) is 6.92 Å². The van der Waals surface area contributed by atoms with Crippen molar-refractivity contribution >= 4 is 5.78 Å². The Kier molecular flexibility index (Phi) is 3.39. The summed E-state index contributed by atoms with van der Waals surface area (Å²) >= 11 is 0. The van der Waals surface area contributed by atoms with E-state index in [1.165, 1.54) is 0 Å². The number of carbonyl (C=O) groups excluding carboxylic acids is 1. The zero-order valence-electron chi connectivity index (χ0n) is 4.79. The van der Waals surface area contributed by atoms with Gasteiger partial charge in [-0.15, -0.1) is 0 Å². The number of carbonyl (C=O) groups is 1. The van der Waals surface area contributed by atoms with Crippen LogP contribution in [0, 0.1) is 0 Å². The second kappa shape index (κ2) is 3.57. The van der Waals surface area contributed by atoms with E-state index in [4.69, 9.17) is 10.2 Å². The van der Waals surface area contributed by atoms with Gasteiger partial charge in [-0.05, 0) is 0 Å². The second-order valence-corrected chi connectivity index (χ2v) is 1.58. The number of hydrogen-bond donors (Lipinski definition) is 2. The third-order valence-corrected chi connectivity index (χ3v) is 0.805. The van der Waals surface area contributed by atoms with Gasteiger partial charge < -0.3 is 10.2 Å². The molecule has 0 bridgehead atoms. The smallest absolute Gasteiger partial charge is 0.158 e. The third-order valence-electron chi connectivity index (χ3n) is 0.805. The average Bonchev–Trinajstić information content (AvgIpc) is 1.65. The van der Waals surface area contributed by atoms with E-state index in [1.54, 1.807) is 6.92 Å². The van der Waals surface area contributed by atoms with Gasteiger partial charge in [0.2, 0.25) is 0 Å². The molecular formula is C5H10O3. The van der Waals surface area contributed by atoms with Crippen molar-refractivity contribution in [3.05, 3.63) is 0 Å². The Bertz CT molecular complexity index is 77.7. The number of aliphatic hydroxyl groups excluding tert-OH is 1. The van der Waals surface area contributed by atoms with Crippen LogP contribution in [0.25, 0.3) is 0 Å². The lowest BCUT2D eigenvalue weighted by Gasteiger charge is -1.97. The Labute approximate surface area is 47.9 Å². The average molecular weight is 118 g/mol. The molecule has 0 heterocycles. The van der Waals surface area contributed by atoms with Crippen LogP contribution < -0.4 is 0 Å². The largest absolute Gasteiger partial charge is 0.368 e.